The highest BCUT2D eigenvalue weighted by Gasteiger charge is 2.36. The third-order valence-electron chi connectivity index (χ3n) is 4.12. The second kappa shape index (κ2) is 8.38. The van der Waals surface area contributed by atoms with Crippen molar-refractivity contribution in [3.8, 4) is 11.5 Å². The molecule has 26 heavy (non-hydrogen) atoms. The first kappa shape index (κ1) is 19.3. The Morgan fingerprint density at radius 2 is 1.46 bits per heavy atom. The van der Waals surface area contributed by atoms with Gasteiger partial charge in [0.05, 0.1) is 19.9 Å². The smallest absolute Gasteiger partial charge is 0.239 e. The molecule has 0 radical (unpaired) electrons. The summed E-state index contributed by atoms with van der Waals surface area (Å²) < 4.78 is 10.5. The summed E-state index contributed by atoms with van der Waals surface area (Å²) in [6, 6.07) is 14.5. The summed E-state index contributed by atoms with van der Waals surface area (Å²) in [5, 5.41) is 5.55. The average molecular weight is 356 g/mol. The highest BCUT2D eigenvalue weighted by molar-refractivity contribution is 6.10. The van der Waals surface area contributed by atoms with Gasteiger partial charge in [-0.25, -0.2) is 0 Å². The van der Waals surface area contributed by atoms with Gasteiger partial charge in [-0.05, 0) is 32.0 Å². The van der Waals surface area contributed by atoms with Crippen LogP contribution in [0.2, 0.25) is 0 Å². The molecule has 6 nitrogen and oxygen atoms in total. The topological polar surface area (TPSA) is 76.7 Å². The van der Waals surface area contributed by atoms with Crippen LogP contribution in [0.3, 0.4) is 0 Å². The van der Waals surface area contributed by atoms with E-state index in [0.717, 1.165) is 5.56 Å². The normalized spacial score (nSPS) is 10.8. The van der Waals surface area contributed by atoms with Gasteiger partial charge in [-0.2, -0.15) is 0 Å². The minimum atomic E-state index is -1.26. The monoisotopic (exact) mass is 356 g/mol. The summed E-state index contributed by atoms with van der Waals surface area (Å²) in [4.78, 5) is 25.2. The minimum absolute atomic E-state index is 0.272. The molecule has 0 aliphatic carbocycles. The highest BCUT2D eigenvalue weighted by atomic mass is 16.5. The fourth-order valence-electron chi connectivity index (χ4n) is 2.38. The van der Waals surface area contributed by atoms with E-state index in [1.807, 2.05) is 24.3 Å². The van der Waals surface area contributed by atoms with Gasteiger partial charge >= 0.3 is 0 Å². The standard InChI is InChI=1S/C20H24N2O4/c1-20(2,19(24)22-15-10-6-8-12-17(15)26-4)18(23)21-13-14-9-5-7-11-16(14)25-3/h5-12H,13H2,1-4H3,(H,21,23)(H,22,24). The van der Waals surface area contributed by atoms with Gasteiger partial charge in [0.15, 0.2) is 0 Å². The maximum Gasteiger partial charge on any atom is 0.239 e. The largest absolute Gasteiger partial charge is 0.496 e. The Morgan fingerprint density at radius 3 is 2.12 bits per heavy atom. The summed E-state index contributed by atoms with van der Waals surface area (Å²) in [5.41, 5.74) is 0.0953. The number of rotatable bonds is 7. The van der Waals surface area contributed by atoms with Gasteiger partial charge in [0.2, 0.25) is 11.8 Å². The summed E-state index contributed by atoms with van der Waals surface area (Å²) in [6.07, 6.45) is 0. The second-order valence-electron chi connectivity index (χ2n) is 6.27. The number of amides is 2. The Bertz CT molecular complexity index is 787. The molecule has 138 valence electrons. The van der Waals surface area contributed by atoms with Crippen LogP contribution in [0.4, 0.5) is 5.69 Å². The zero-order chi connectivity index (χ0) is 19.2. The van der Waals surface area contributed by atoms with Crippen LogP contribution in [-0.4, -0.2) is 26.0 Å². The molecule has 0 spiro atoms. The van der Waals surface area contributed by atoms with E-state index in [2.05, 4.69) is 10.6 Å². The SMILES string of the molecule is COc1ccccc1CNC(=O)C(C)(C)C(=O)Nc1ccccc1OC. The fourth-order valence-corrected chi connectivity index (χ4v) is 2.38. The van der Waals surface area contributed by atoms with Crippen LogP contribution in [0.25, 0.3) is 0 Å². The van der Waals surface area contributed by atoms with Crippen LogP contribution in [0.1, 0.15) is 19.4 Å². The van der Waals surface area contributed by atoms with Gasteiger partial charge in [0.25, 0.3) is 0 Å². The summed E-state index contributed by atoms with van der Waals surface area (Å²) in [5.74, 6) is 0.422. The van der Waals surface area contributed by atoms with Crippen molar-refractivity contribution >= 4 is 17.5 Å². The molecule has 2 N–H and O–H groups in total. The number of carbonyl (C=O) groups excluding carboxylic acids is 2. The van der Waals surface area contributed by atoms with Crippen molar-refractivity contribution in [2.24, 2.45) is 5.41 Å². The number of hydrogen-bond donors (Lipinski definition) is 2. The van der Waals surface area contributed by atoms with E-state index in [4.69, 9.17) is 9.47 Å². The molecule has 0 atom stereocenters. The predicted molar refractivity (Wildman–Crippen MR) is 100 cm³/mol. The van der Waals surface area contributed by atoms with Crippen molar-refractivity contribution in [3.63, 3.8) is 0 Å². The number of anilines is 1. The van der Waals surface area contributed by atoms with E-state index in [9.17, 15) is 9.59 Å². The van der Waals surface area contributed by atoms with Gasteiger partial charge in [-0.15, -0.1) is 0 Å². The Balaban J connectivity index is 2.05. The minimum Gasteiger partial charge on any atom is -0.496 e. The fraction of sp³-hybridized carbons (Fsp3) is 0.300. The molecular weight excluding hydrogens is 332 g/mol. The van der Waals surface area contributed by atoms with Crippen molar-refractivity contribution in [3.05, 3.63) is 54.1 Å². The average Bonchev–Trinajstić information content (AvgIpc) is 2.66. The summed E-state index contributed by atoms with van der Waals surface area (Å²) >= 11 is 0. The lowest BCUT2D eigenvalue weighted by molar-refractivity contribution is -0.138. The predicted octanol–water partition coefficient (Wildman–Crippen LogP) is 2.98. The van der Waals surface area contributed by atoms with Crippen LogP contribution in [-0.2, 0) is 16.1 Å². The molecule has 0 aromatic heterocycles. The molecule has 0 fully saturated rings. The van der Waals surface area contributed by atoms with Crippen molar-refractivity contribution in [1.82, 2.24) is 5.32 Å². The highest BCUT2D eigenvalue weighted by Crippen LogP contribution is 2.26. The molecule has 0 saturated heterocycles. The Morgan fingerprint density at radius 1 is 0.885 bits per heavy atom. The van der Waals surface area contributed by atoms with Crippen molar-refractivity contribution < 1.29 is 19.1 Å². The number of methoxy groups -OCH3 is 2. The number of hydrogen-bond acceptors (Lipinski definition) is 4. The molecular formula is C20H24N2O4. The van der Waals surface area contributed by atoms with Crippen molar-refractivity contribution in [2.75, 3.05) is 19.5 Å². The first-order valence-corrected chi connectivity index (χ1v) is 8.24. The van der Waals surface area contributed by atoms with Gasteiger partial charge < -0.3 is 20.1 Å². The molecule has 2 aromatic carbocycles. The van der Waals surface area contributed by atoms with Gasteiger partial charge in [0, 0.05) is 12.1 Å². The van der Waals surface area contributed by atoms with Crippen molar-refractivity contribution in [2.45, 2.75) is 20.4 Å². The van der Waals surface area contributed by atoms with E-state index in [1.165, 1.54) is 7.11 Å². The lowest BCUT2D eigenvalue weighted by Gasteiger charge is -2.23. The number of nitrogens with one attached hydrogen (secondary N) is 2. The van der Waals surface area contributed by atoms with Crippen LogP contribution in [0.5, 0.6) is 11.5 Å². The van der Waals surface area contributed by atoms with E-state index >= 15 is 0 Å². The first-order chi connectivity index (χ1) is 12.4. The zero-order valence-electron chi connectivity index (χ0n) is 15.5. The van der Waals surface area contributed by atoms with E-state index in [1.54, 1.807) is 45.2 Å². The molecule has 0 bridgehead atoms. The number of ether oxygens (including phenoxy) is 2. The van der Waals surface area contributed by atoms with Crippen molar-refractivity contribution in [1.29, 1.82) is 0 Å². The number of benzene rings is 2. The van der Waals surface area contributed by atoms with Crippen LogP contribution < -0.4 is 20.1 Å². The van der Waals surface area contributed by atoms with E-state index < -0.39 is 11.3 Å². The molecule has 0 heterocycles. The lowest BCUT2D eigenvalue weighted by Crippen LogP contribution is -2.44. The zero-order valence-corrected chi connectivity index (χ0v) is 15.5. The Labute approximate surface area is 153 Å². The quantitative estimate of drug-likeness (QED) is 0.748. The molecule has 6 heteroatoms. The molecule has 0 aliphatic rings. The van der Waals surface area contributed by atoms with E-state index in [0.29, 0.717) is 17.2 Å². The summed E-state index contributed by atoms with van der Waals surface area (Å²) in [7, 11) is 3.10. The van der Waals surface area contributed by atoms with Crippen LogP contribution in [0, 0.1) is 5.41 Å². The molecule has 2 rings (SSSR count). The molecule has 0 saturated carbocycles. The Hall–Kier alpha value is -3.02. The second-order valence-corrected chi connectivity index (χ2v) is 6.27. The molecule has 0 unspecified atom stereocenters. The maximum absolute atomic E-state index is 12.6. The van der Waals surface area contributed by atoms with Crippen LogP contribution in [0.15, 0.2) is 48.5 Å². The Kier molecular flexibility index (Phi) is 6.22. The molecule has 2 amide bonds. The summed E-state index contributed by atoms with van der Waals surface area (Å²) in [6.45, 7) is 3.43. The maximum atomic E-state index is 12.6. The van der Waals surface area contributed by atoms with Gasteiger partial charge in [-0.1, -0.05) is 30.3 Å². The molecule has 2 aromatic rings. The first-order valence-electron chi connectivity index (χ1n) is 8.24. The lowest BCUT2D eigenvalue weighted by atomic mass is 9.90. The number of carbonyl (C=O) groups is 2. The van der Waals surface area contributed by atoms with Crippen LogP contribution >= 0.6 is 0 Å². The third-order valence-corrected chi connectivity index (χ3v) is 4.12. The third kappa shape index (κ3) is 4.33. The van der Waals surface area contributed by atoms with Gasteiger partial charge in [0.1, 0.15) is 16.9 Å². The molecule has 0 aliphatic heterocycles. The van der Waals surface area contributed by atoms with Gasteiger partial charge in [-0.3, -0.25) is 9.59 Å². The number of para-hydroxylation sites is 3. The van der Waals surface area contributed by atoms with E-state index in [-0.39, 0.29) is 12.5 Å².